The first kappa shape index (κ1) is 12.6. The normalized spacial score (nSPS) is 10.0. The number of carbonyl (C=O) groups is 1. The molecule has 0 aromatic heterocycles. The standard InChI is InChI=1S/C13H8BrIO2/c14-13-7-12(5-4-9(13)8-16)17-11-3-1-2-10(15)6-11/h1-8H. The van der Waals surface area contributed by atoms with Crippen molar-refractivity contribution in [1.82, 2.24) is 0 Å². The molecule has 86 valence electrons. The van der Waals surface area contributed by atoms with E-state index in [0.717, 1.165) is 20.1 Å². The first-order valence-corrected chi connectivity index (χ1v) is 6.74. The van der Waals surface area contributed by atoms with Crippen molar-refractivity contribution in [1.29, 1.82) is 0 Å². The Morgan fingerprint density at radius 2 is 1.88 bits per heavy atom. The van der Waals surface area contributed by atoms with Gasteiger partial charge in [0.2, 0.25) is 0 Å². The molecule has 0 bridgehead atoms. The van der Waals surface area contributed by atoms with E-state index >= 15 is 0 Å². The fourth-order valence-electron chi connectivity index (χ4n) is 1.33. The molecule has 0 aliphatic rings. The number of aldehydes is 1. The Balaban J connectivity index is 2.24. The van der Waals surface area contributed by atoms with Crippen LogP contribution in [0.5, 0.6) is 11.5 Å². The third-order valence-corrected chi connectivity index (χ3v) is 3.49. The average Bonchev–Trinajstić information content (AvgIpc) is 2.29. The minimum Gasteiger partial charge on any atom is -0.457 e. The molecule has 0 heterocycles. The van der Waals surface area contributed by atoms with Gasteiger partial charge in [-0.25, -0.2) is 0 Å². The summed E-state index contributed by atoms with van der Waals surface area (Å²) < 4.78 is 7.54. The Kier molecular flexibility index (Phi) is 4.17. The Labute approximate surface area is 121 Å². The second kappa shape index (κ2) is 5.64. The lowest BCUT2D eigenvalue weighted by atomic mass is 10.2. The Morgan fingerprint density at radius 1 is 1.12 bits per heavy atom. The first-order chi connectivity index (χ1) is 8.19. The second-order valence-corrected chi connectivity index (χ2v) is 5.46. The van der Waals surface area contributed by atoms with Crippen molar-refractivity contribution < 1.29 is 9.53 Å². The molecule has 0 saturated carbocycles. The van der Waals surface area contributed by atoms with Gasteiger partial charge in [0.05, 0.1) is 0 Å². The topological polar surface area (TPSA) is 26.3 Å². The highest BCUT2D eigenvalue weighted by Gasteiger charge is 2.02. The molecule has 4 heteroatoms. The lowest BCUT2D eigenvalue weighted by molar-refractivity contribution is 0.112. The number of hydrogen-bond acceptors (Lipinski definition) is 2. The summed E-state index contributed by atoms with van der Waals surface area (Å²) in [6.07, 6.45) is 0.805. The van der Waals surface area contributed by atoms with Crippen molar-refractivity contribution in [2.75, 3.05) is 0 Å². The second-order valence-electron chi connectivity index (χ2n) is 3.36. The van der Waals surface area contributed by atoms with Gasteiger partial charge in [-0.15, -0.1) is 0 Å². The molecule has 0 saturated heterocycles. The summed E-state index contributed by atoms with van der Waals surface area (Å²) >= 11 is 5.55. The van der Waals surface area contributed by atoms with E-state index in [4.69, 9.17) is 4.74 Å². The zero-order chi connectivity index (χ0) is 12.3. The van der Waals surface area contributed by atoms with Crippen LogP contribution < -0.4 is 4.74 Å². The van der Waals surface area contributed by atoms with E-state index in [-0.39, 0.29) is 0 Å². The van der Waals surface area contributed by atoms with E-state index in [1.807, 2.05) is 24.3 Å². The van der Waals surface area contributed by atoms with Crippen molar-refractivity contribution in [3.63, 3.8) is 0 Å². The molecule has 2 aromatic carbocycles. The Bertz CT molecular complexity index is 555. The minimum atomic E-state index is 0.611. The minimum absolute atomic E-state index is 0.611. The van der Waals surface area contributed by atoms with Crippen molar-refractivity contribution in [3.8, 4) is 11.5 Å². The maximum Gasteiger partial charge on any atom is 0.151 e. The maximum atomic E-state index is 10.7. The van der Waals surface area contributed by atoms with E-state index in [0.29, 0.717) is 11.3 Å². The van der Waals surface area contributed by atoms with Crippen molar-refractivity contribution in [3.05, 3.63) is 56.1 Å². The summed E-state index contributed by atoms with van der Waals surface area (Å²) in [6.45, 7) is 0. The van der Waals surface area contributed by atoms with E-state index in [1.54, 1.807) is 18.2 Å². The number of halogens is 2. The van der Waals surface area contributed by atoms with Gasteiger partial charge >= 0.3 is 0 Å². The molecule has 0 fully saturated rings. The molecule has 2 nitrogen and oxygen atoms in total. The Morgan fingerprint density at radius 3 is 2.53 bits per heavy atom. The summed E-state index contributed by atoms with van der Waals surface area (Å²) in [6, 6.07) is 13.1. The molecule has 0 aliphatic carbocycles. The molecule has 0 N–H and O–H groups in total. The third-order valence-electron chi connectivity index (χ3n) is 2.13. The van der Waals surface area contributed by atoms with Crippen LogP contribution in [0.4, 0.5) is 0 Å². The molecule has 0 aliphatic heterocycles. The number of rotatable bonds is 3. The number of hydrogen-bond donors (Lipinski definition) is 0. The average molecular weight is 403 g/mol. The molecule has 0 amide bonds. The third kappa shape index (κ3) is 3.29. The highest BCUT2D eigenvalue weighted by molar-refractivity contribution is 14.1. The molecule has 0 spiro atoms. The summed E-state index contributed by atoms with van der Waals surface area (Å²) in [5.41, 5.74) is 0.611. The predicted octanol–water partition coefficient (Wildman–Crippen LogP) is 4.66. The van der Waals surface area contributed by atoms with Gasteiger partial charge < -0.3 is 4.74 Å². The van der Waals surface area contributed by atoms with Crippen molar-refractivity contribution in [2.45, 2.75) is 0 Å². The fourth-order valence-corrected chi connectivity index (χ4v) is 2.30. The van der Waals surface area contributed by atoms with Crippen LogP contribution in [0, 0.1) is 3.57 Å². The van der Waals surface area contributed by atoms with E-state index in [9.17, 15) is 4.79 Å². The van der Waals surface area contributed by atoms with Crippen LogP contribution in [0.15, 0.2) is 46.9 Å². The number of benzene rings is 2. The van der Waals surface area contributed by atoms with Crippen LogP contribution in [0.1, 0.15) is 10.4 Å². The Hall–Kier alpha value is -0.880. The summed E-state index contributed by atoms with van der Waals surface area (Å²) in [4.78, 5) is 10.7. The van der Waals surface area contributed by atoms with Gasteiger partial charge in [0.15, 0.2) is 6.29 Å². The van der Waals surface area contributed by atoms with E-state index in [2.05, 4.69) is 38.5 Å². The molecule has 2 rings (SSSR count). The maximum absolute atomic E-state index is 10.7. The van der Waals surface area contributed by atoms with Crippen molar-refractivity contribution in [2.24, 2.45) is 0 Å². The lowest BCUT2D eigenvalue weighted by Gasteiger charge is -2.07. The van der Waals surface area contributed by atoms with Crippen LogP contribution in [-0.4, -0.2) is 6.29 Å². The number of carbonyl (C=O) groups excluding carboxylic acids is 1. The first-order valence-electron chi connectivity index (χ1n) is 4.87. The van der Waals surface area contributed by atoms with Crippen LogP contribution in [0.25, 0.3) is 0 Å². The summed E-state index contributed by atoms with van der Waals surface area (Å²) in [5.74, 6) is 1.48. The zero-order valence-electron chi connectivity index (χ0n) is 8.69. The number of ether oxygens (including phenoxy) is 1. The quantitative estimate of drug-likeness (QED) is 0.551. The lowest BCUT2D eigenvalue weighted by Crippen LogP contribution is -1.87. The van der Waals surface area contributed by atoms with Crippen LogP contribution in [-0.2, 0) is 0 Å². The molecule has 2 aromatic rings. The van der Waals surface area contributed by atoms with Crippen molar-refractivity contribution >= 4 is 44.8 Å². The highest BCUT2D eigenvalue weighted by atomic mass is 127. The van der Waals surface area contributed by atoms with Gasteiger partial charge in [0, 0.05) is 13.6 Å². The highest BCUT2D eigenvalue weighted by Crippen LogP contribution is 2.27. The molecule has 17 heavy (non-hydrogen) atoms. The summed E-state index contributed by atoms with van der Waals surface area (Å²) in [7, 11) is 0. The fraction of sp³-hybridized carbons (Fsp3) is 0. The predicted molar refractivity (Wildman–Crippen MR) is 78.8 cm³/mol. The molecular weight excluding hydrogens is 395 g/mol. The van der Waals surface area contributed by atoms with Gasteiger partial charge in [0.25, 0.3) is 0 Å². The molecule has 0 atom stereocenters. The van der Waals surface area contributed by atoms with Gasteiger partial charge in [-0.05, 0) is 74.9 Å². The van der Waals surface area contributed by atoms with Gasteiger partial charge in [-0.3, -0.25) is 4.79 Å². The van der Waals surface area contributed by atoms with Crippen LogP contribution in [0.2, 0.25) is 0 Å². The van der Waals surface area contributed by atoms with Crippen LogP contribution >= 0.6 is 38.5 Å². The molecule has 0 radical (unpaired) electrons. The molecule has 0 unspecified atom stereocenters. The smallest absolute Gasteiger partial charge is 0.151 e. The van der Waals surface area contributed by atoms with Gasteiger partial charge in [0.1, 0.15) is 11.5 Å². The SMILES string of the molecule is O=Cc1ccc(Oc2cccc(I)c2)cc1Br. The van der Waals surface area contributed by atoms with Crippen LogP contribution in [0.3, 0.4) is 0 Å². The van der Waals surface area contributed by atoms with E-state index in [1.165, 1.54) is 0 Å². The van der Waals surface area contributed by atoms with Gasteiger partial charge in [-0.1, -0.05) is 6.07 Å². The monoisotopic (exact) mass is 402 g/mol. The zero-order valence-corrected chi connectivity index (χ0v) is 12.4. The summed E-state index contributed by atoms with van der Waals surface area (Å²) in [5, 5.41) is 0. The molecular formula is C13H8BrIO2. The van der Waals surface area contributed by atoms with E-state index < -0.39 is 0 Å². The largest absolute Gasteiger partial charge is 0.457 e. The van der Waals surface area contributed by atoms with Gasteiger partial charge in [-0.2, -0.15) is 0 Å².